The Hall–Kier alpha value is -4.14. The van der Waals surface area contributed by atoms with Gasteiger partial charge in [-0.3, -0.25) is 4.79 Å². The first-order chi connectivity index (χ1) is 16.5. The molecule has 1 unspecified atom stereocenters. The normalized spacial score (nSPS) is 12.5. The first-order valence-electron chi connectivity index (χ1n) is 10.6. The average molecular weight is 484 g/mol. The Bertz CT molecular complexity index is 1390. The highest BCUT2D eigenvalue weighted by atomic mass is 19.4. The summed E-state index contributed by atoms with van der Waals surface area (Å²) < 4.78 is 54.4. The Labute approximate surface area is 197 Å². The van der Waals surface area contributed by atoms with Crippen LogP contribution in [-0.2, 0) is 12.6 Å². The summed E-state index contributed by atoms with van der Waals surface area (Å²) in [5, 5.41) is 11.8. The minimum atomic E-state index is -4.44. The molecule has 0 radical (unpaired) electrons. The molecule has 0 fully saturated rings. The maximum absolute atomic E-state index is 14.3. The molecule has 9 heteroatoms. The predicted molar refractivity (Wildman–Crippen MR) is 121 cm³/mol. The zero-order valence-corrected chi connectivity index (χ0v) is 18.4. The van der Waals surface area contributed by atoms with Crippen LogP contribution in [-0.4, -0.2) is 21.4 Å². The second-order valence-corrected chi connectivity index (χ2v) is 8.14. The van der Waals surface area contributed by atoms with E-state index in [1.54, 1.807) is 35.6 Å². The monoisotopic (exact) mass is 484 g/mol. The average Bonchev–Trinajstić information content (AvgIpc) is 3.20. The van der Waals surface area contributed by atoms with Crippen molar-refractivity contribution in [1.82, 2.24) is 9.72 Å². The van der Waals surface area contributed by atoms with Crippen LogP contribution in [0.4, 0.5) is 17.6 Å². The molecule has 0 aliphatic carbocycles. The number of amides is 1. The number of fused-ring (bicyclic) bond motifs is 1. The first kappa shape index (κ1) is 24.0. The van der Waals surface area contributed by atoms with Gasteiger partial charge in [0.1, 0.15) is 11.5 Å². The van der Waals surface area contributed by atoms with Gasteiger partial charge in [0.25, 0.3) is 5.91 Å². The van der Waals surface area contributed by atoms with Crippen molar-refractivity contribution in [2.24, 2.45) is 0 Å². The number of carbonyl (C=O) groups excluding carboxylic acids is 1. The van der Waals surface area contributed by atoms with E-state index in [1.807, 2.05) is 0 Å². The highest BCUT2D eigenvalue weighted by Gasteiger charge is 2.30. The molecular weight excluding hydrogens is 464 g/mol. The lowest BCUT2D eigenvalue weighted by Gasteiger charge is -2.17. The van der Waals surface area contributed by atoms with E-state index in [9.17, 15) is 27.2 Å². The number of aromatic carboxylic acids is 1. The third kappa shape index (κ3) is 5.18. The molecule has 2 aromatic heterocycles. The van der Waals surface area contributed by atoms with Crippen molar-refractivity contribution in [3.63, 3.8) is 0 Å². The van der Waals surface area contributed by atoms with Crippen molar-refractivity contribution in [3.05, 3.63) is 112 Å². The van der Waals surface area contributed by atoms with E-state index in [0.29, 0.717) is 22.3 Å². The van der Waals surface area contributed by atoms with E-state index in [4.69, 9.17) is 5.11 Å². The molecule has 0 saturated carbocycles. The lowest BCUT2D eigenvalue weighted by atomic mass is 10.1. The van der Waals surface area contributed by atoms with Crippen molar-refractivity contribution in [2.45, 2.75) is 25.6 Å². The van der Waals surface area contributed by atoms with Crippen LogP contribution < -0.4 is 5.32 Å². The zero-order valence-electron chi connectivity index (χ0n) is 18.4. The van der Waals surface area contributed by atoms with Gasteiger partial charge in [0.2, 0.25) is 0 Å². The Morgan fingerprint density at radius 1 is 0.971 bits per heavy atom. The largest absolute Gasteiger partial charge is 0.478 e. The first-order valence-corrected chi connectivity index (χ1v) is 10.6. The number of halogens is 4. The number of benzene rings is 2. The quantitative estimate of drug-likeness (QED) is 0.336. The summed E-state index contributed by atoms with van der Waals surface area (Å²) in [4.78, 5) is 24.2. The third-order valence-electron chi connectivity index (χ3n) is 5.70. The summed E-state index contributed by atoms with van der Waals surface area (Å²) in [6, 6.07) is 15.9. The number of hydrogen-bond acceptors (Lipinski definition) is 2. The second-order valence-electron chi connectivity index (χ2n) is 8.14. The number of nitrogens with zero attached hydrogens (tertiary/aromatic N) is 1. The number of carbonyl (C=O) groups is 2. The van der Waals surface area contributed by atoms with Gasteiger partial charge in [-0.2, -0.15) is 13.2 Å². The summed E-state index contributed by atoms with van der Waals surface area (Å²) in [6.45, 7) is 1.71. The molecule has 2 N–H and O–H groups in total. The van der Waals surface area contributed by atoms with Crippen molar-refractivity contribution >= 4 is 17.4 Å². The van der Waals surface area contributed by atoms with Crippen LogP contribution in [0.3, 0.4) is 0 Å². The summed E-state index contributed by atoms with van der Waals surface area (Å²) in [5.74, 6) is -2.24. The molecule has 2 heterocycles. The van der Waals surface area contributed by atoms with E-state index >= 15 is 0 Å². The summed E-state index contributed by atoms with van der Waals surface area (Å²) in [7, 11) is 0. The lowest BCUT2D eigenvalue weighted by molar-refractivity contribution is -0.137. The summed E-state index contributed by atoms with van der Waals surface area (Å²) >= 11 is 0. The molecule has 5 nitrogen and oxygen atoms in total. The number of pyridine rings is 1. The fraction of sp³-hybridized carbons (Fsp3) is 0.154. The number of rotatable bonds is 6. The maximum Gasteiger partial charge on any atom is 0.416 e. The van der Waals surface area contributed by atoms with E-state index < -0.39 is 35.5 Å². The standard InChI is InChI=1S/C26H20F4N2O3/c1-15(17-4-6-18(7-5-17)25(34)35)31-24(33)23-14-20(27)13-22-11-10-21(32(22)23)12-16-2-8-19(9-3-16)26(28,29)30/h2-11,13-15H,12H2,1H3,(H,31,33)(H,34,35). The number of carboxylic acid groups (broad SMARTS) is 1. The van der Waals surface area contributed by atoms with Crippen molar-refractivity contribution < 1.29 is 32.3 Å². The van der Waals surface area contributed by atoms with Crippen molar-refractivity contribution in [2.75, 3.05) is 0 Å². The molecule has 4 aromatic rings. The summed E-state index contributed by atoms with van der Waals surface area (Å²) in [5.41, 5.74) is 1.67. The van der Waals surface area contributed by atoms with Gasteiger partial charge in [0, 0.05) is 23.7 Å². The number of hydrogen-bond donors (Lipinski definition) is 2. The Morgan fingerprint density at radius 3 is 2.23 bits per heavy atom. The molecule has 0 bridgehead atoms. The smallest absolute Gasteiger partial charge is 0.416 e. The van der Waals surface area contributed by atoms with Crippen LogP contribution >= 0.6 is 0 Å². The van der Waals surface area contributed by atoms with Crippen LogP contribution in [0.1, 0.15) is 56.2 Å². The maximum atomic E-state index is 14.3. The molecule has 0 spiro atoms. The van der Waals surface area contributed by atoms with Gasteiger partial charge in [0.15, 0.2) is 0 Å². The van der Waals surface area contributed by atoms with Crippen LogP contribution in [0.5, 0.6) is 0 Å². The Morgan fingerprint density at radius 2 is 1.63 bits per heavy atom. The molecule has 180 valence electrons. The van der Waals surface area contributed by atoms with Crippen LogP contribution in [0.2, 0.25) is 0 Å². The van der Waals surface area contributed by atoms with Crippen LogP contribution in [0.15, 0.2) is 72.8 Å². The lowest BCUT2D eigenvalue weighted by Crippen LogP contribution is -2.28. The van der Waals surface area contributed by atoms with Crippen LogP contribution in [0.25, 0.3) is 5.52 Å². The third-order valence-corrected chi connectivity index (χ3v) is 5.70. The highest BCUT2D eigenvalue weighted by molar-refractivity contribution is 5.94. The number of nitrogens with one attached hydrogen (secondary N) is 1. The SMILES string of the molecule is CC(NC(=O)c1cc(F)cc2ccc(Cc3ccc(C(F)(F)F)cc3)n12)c1ccc(C(=O)O)cc1. The van der Waals surface area contributed by atoms with Gasteiger partial charge in [-0.15, -0.1) is 0 Å². The molecule has 2 aromatic carbocycles. The topological polar surface area (TPSA) is 70.8 Å². The predicted octanol–water partition coefficient (Wildman–Crippen LogP) is 5.88. The van der Waals surface area contributed by atoms with Crippen LogP contribution in [0, 0.1) is 5.82 Å². The molecule has 1 amide bonds. The van der Waals surface area contributed by atoms with E-state index in [1.165, 1.54) is 30.3 Å². The number of alkyl halides is 3. The fourth-order valence-corrected chi connectivity index (χ4v) is 3.88. The van der Waals surface area contributed by atoms with Crippen molar-refractivity contribution in [1.29, 1.82) is 0 Å². The summed E-state index contributed by atoms with van der Waals surface area (Å²) in [6.07, 6.45) is -4.21. The van der Waals surface area contributed by atoms with Gasteiger partial charge < -0.3 is 14.8 Å². The molecule has 4 rings (SSSR count). The minimum absolute atomic E-state index is 0.0286. The van der Waals surface area contributed by atoms with E-state index in [0.717, 1.165) is 18.2 Å². The highest BCUT2D eigenvalue weighted by Crippen LogP contribution is 2.29. The second kappa shape index (κ2) is 9.25. The van der Waals surface area contributed by atoms with Gasteiger partial charge in [-0.1, -0.05) is 24.3 Å². The molecular formula is C26H20F4N2O3. The van der Waals surface area contributed by atoms with Gasteiger partial charge in [-0.05, 0) is 60.5 Å². The Kier molecular flexibility index (Phi) is 6.34. The molecule has 1 atom stereocenters. The zero-order chi connectivity index (χ0) is 25.3. The molecule has 35 heavy (non-hydrogen) atoms. The Balaban J connectivity index is 1.61. The fourth-order valence-electron chi connectivity index (χ4n) is 3.88. The van der Waals surface area contributed by atoms with Gasteiger partial charge in [0.05, 0.1) is 17.2 Å². The van der Waals surface area contributed by atoms with Gasteiger partial charge in [-0.25, -0.2) is 9.18 Å². The number of carboxylic acids is 1. The van der Waals surface area contributed by atoms with Gasteiger partial charge >= 0.3 is 12.1 Å². The van der Waals surface area contributed by atoms with E-state index in [-0.39, 0.29) is 17.7 Å². The minimum Gasteiger partial charge on any atom is -0.478 e. The molecule has 0 saturated heterocycles. The number of aromatic nitrogens is 1. The molecule has 0 aliphatic heterocycles. The molecule has 0 aliphatic rings. The van der Waals surface area contributed by atoms with E-state index in [2.05, 4.69) is 5.32 Å². The van der Waals surface area contributed by atoms with Crippen molar-refractivity contribution in [3.8, 4) is 0 Å².